The van der Waals surface area contributed by atoms with Gasteiger partial charge in [-0.05, 0) is 31.9 Å². The third-order valence-electron chi connectivity index (χ3n) is 4.20. The van der Waals surface area contributed by atoms with Crippen LogP contribution in [0, 0.1) is 11.8 Å². The van der Waals surface area contributed by atoms with Gasteiger partial charge in [0.1, 0.15) is 0 Å². The lowest BCUT2D eigenvalue weighted by molar-refractivity contribution is 0.0789. The molecule has 0 saturated carbocycles. The van der Waals surface area contributed by atoms with E-state index in [9.17, 15) is 0 Å². The van der Waals surface area contributed by atoms with E-state index in [1.54, 1.807) is 0 Å². The molecule has 18 heavy (non-hydrogen) atoms. The van der Waals surface area contributed by atoms with Gasteiger partial charge in [-0.25, -0.2) is 0 Å². The van der Waals surface area contributed by atoms with Gasteiger partial charge in [0, 0.05) is 36.5 Å². The monoisotopic (exact) mass is 272 g/mol. The maximum Gasteiger partial charge on any atom is 0.0244 e. The Labute approximate surface area is 118 Å². The molecule has 108 valence electrons. The van der Waals surface area contributed by atoms with Crippen LogP contribution in [0.1, 0.15) is 41.5 Å². The molecule has 0 aromatic heterocycles. The molecular weight excluding hydrogens is 240 g/mol. The van der Waals surface area contributed by atoms with Crippen LogP contribution < -0.4 is 5.32 Å². The first-order valence-corrected chi connectivity index (χ1v) is 8.52. The van der Waals surface area contributed by atoms with E-state index in [-0.39, 0.29) is 0 Å². The van der Waals surface area contributed by atoms with Gasteiger partial charge in [0.15, 0.2) is 0 Å². The van der Waals surface area contributed by atoms with E-state index >= 15 is 0 Å². The van der Waals surface area contributed by atoms with Crippen molar-refractivity contribution in [1.29, 1.82) is 0 Å². The fraction of sp³-hybridized carbons (Fsp3) is 1.00. The summed E-state index contributed by atoms with van der Waals surface area (Å²) < 4.78 is 0.353. The number of hydrogen-bond donors (Lipinski definition) is 1. The third-order valence-corrected chi connectivity index (χ3v) is 5.43. The van der Waals surface area contributed by atoms with Crippen molar-refractivity contribution < 1.29 is 0 Å². The summed E-state index contributed by atoms with van der Waals surface area (Å²) in [5.41, 5.74) is 0. The summed E-state index contributed by atoms with van der Waals surface area (Å²) in [6, 6.07) is 1.34. The predicted molar refractivity (Wildman–Crippen MR) is 84.4 cm³/mol. The fourth-order valence-corrected chi connectivity index (χ4v) is 2.99. The zero-order chi connectivity index (χ0) is 13.9. The number of rotatable bonds is 5. The quantitative estimate of drug-likeness (QED) is 0.828. The Hall–Kier alpha value is 0.270. The molecule has 0 aromatic rings. The maximum absolute atomic E-state index is 3.74. The zero-order valence-corrected chi connectivity index (χ0v) is 14.1. The SMILES string of the molecule is CSC(C)(C)CN1CC(C(C)C)NCC1C(C)C. The Morgan fingerprint density at radius 2 is 1.83 bits per heavy atom. The van der Waals surface area contributed by atoms with Crippen LogP contribution in [0.2, 0.25) is 0 Å². The summed E-state index contributed by atoms with van der Waals surface area (Å²) in [5, 5.41) is 3.74. The number of thioether (sulfide) groups is 1. The molecule has 0 radical (unpaired) electrons. The minimum atomic E-state index is 0.353. The van der Waals surface area contributed by atoms with Gasteiger partial charge in [-0.2, -0.15) is 11.8 Å². The largest absolute Gasteiger partial charge is 0.311 e. The summed E-state index contributed by atoms with van der Waals surface area (Å²) >= 11 is 1.98. The lowest BCUT2D eigenvalue weighted by Gasteiger charge is -2.46. The molecule has 0 bridgehead atoms. The van der Waals surface area contributed by atoms with E-state index in [1.807, 2.05) is 11.8 Å². The Morgan fingerprint density at radius 1 is 1.22 bits per heavy atom. The summed E-state index contributed by atoms with van der Waals surface area (Å²) in [5.74, 6) is 1.45. The number of piperazine rings is 1. The lowest BCUT2D eigenvalue weighted by Crippen LogP contribution is -2.61. The molecule has 2 nitrogen and oxygen atoms in total. The van der Waals surface area contributed by atoms with Gasteiger partial charge < -0.3 is 5.32 Å². The predicted octanol–water partition coefficient (Wildman–Crippen LogP) is 3.08. The van der Waals surface area contributed by atoms with Gasteiger partial charge in [-0.3, -0.25) is 4.90 Å². The highest BCUT2D eigenvalue weighted by atomic mass is 32.2. The molecule has 2 atom stereocenters. The van der Waals surface area contributed by atoms with E-state index in [1.165, 1.54) is 13.1 Å². The molecule has 1 rings (SSSR count). The van der Waals surface area contributed by atoms with Gasteiger partial charge in [0.05, 0.1) is 0 Å². The number of nitrogens with one attached hydrogen (secondary N) is 1. The van der Waals surface area contributed by atoms with Crippen molar-refractivity contribution in [2.75, 3.05) is 25.9 Å². The van der Waals surface area contributed by atoms with Gasteiger partial charge in [-0.15, -0.1) is 0 Å². The van der Waals surface area contributed by atoms with E-state index in [0.717, 1.165) is 18.4 Å². The minimum Gasteiger partial charge on any atom is -0.311 e. The van der Waals surface area contributed by atoms with E-state index in [0.29, 0.717) is 16.8 Å². The van der Waals surface area contributed by atoms with Crippen molar-refractivity contribution in [2.45, 2.75) is 58.4 Å². The second-order valence-corrected chi connectivity index (χ2v) is 8.48. The molecule has 2 unspecified atom stereocenters. The van der Waals surface area contributed by atoms with Crippen LogP contribution in [-0.2, 0) is 0 Å². The van der Waals surface area contributed by atoms with Crippen LogP contribution >= 0.6 is 11.8 Å². The summed E-state index contributed by atoms with van der Waals surface area (Å²) in [6.07, 6.45) is 2.23. The zero-order valence-electron chi connectivity index (χ0n) is 13.3. The molecule has 0 aromatic carbocycles. The molecule has 1 aliphatic rings. The van der Waals surface area contributed by atoms with E-state index < -0.39 is 0 Å². The lowest BCUT2D eigenvalue weighted by atomic mass is 9.93. The van der Waals surface area contributed by atoms with Crippen molar-refractivity contribution >= 4 is 11.8 Å². The molecule has 1 aliphatic heterocycles. The van der Waals surface area contributed by atoms with Crippen molar-refractivity contribution in [3.05, 3.63) is 0 Å². The van der Waals surface area contributed by atoms with Crippen molar-refractivity contribution in [1.82, 2.24) is 10.2 Å². The highest BCUT2D eigenvalue weighted by molar-refractivity contribution is 7.99. The summed E-state index contributed by atoms with van der Waals surface area (Å²) in [6.45, 7) is 17.6. The smallest absolute Gasteiger partial charge is 0.0244 e. The topological polar surface area (TPSA) is 15.3 Å². The van der Waals surface area contributed by atoms with Gasteiger partial charge in [0.2, 0.25) is 0 Å². The summed E-state index contributed by atoms with van der Waals surface area (Å²) in [7, 11) is 0. The van der Waals surface area contributed by atoms with Crippen LogP contribution in [0.3, 0.4) is 0 Å². The first-order valence-electron chi connectivity index (χ1n) is 7.29. The normalized spacial score (nSPS) is 27.2. The summed E-state index contributed by atoms with van der Waals surface area (Å²) in [4.78, 5) is 2.72. The highest BCUT2D eigenvalue weighted by Gasteiger charge is 2.33. The van der Waals surface area contributed by atoms with Gasteiger partial charge >= 0.3 is 0 Å². The first kappa shape index (κ1) is 16.3. The first-order chi connectivity index (χ1) is 8.26. The Balaban J connectivity index is 2.72. The van der Waals surface area contributed by atoms with Gasteiger partial charge in [0.25, 0.3) is 0 Å². The molecular formula is C15H32N2S. The average Bonchev–Trinajstić information content (AvgIpc) is 2.28. The van der Waals surface area contributed by atoms with Crippen molar-refractivity contribution in [3.8, 4) is 0 Å². The van der Waals surface area contributed by atoms with Crippen LogP contribution in [0.25, 0.3) is 0 Å². The molecule has 1 heterocycles. The van der Waals surface area contributed by atoms with Crippen molar-refractivity contribution in [3.63, 3.8) is 0 Å². The second kappa shape index (κ2) is 6.62. The molecule has 0 spiro atoms. The molecule has 1 fully saturated rings. The molecule has 3 heteroatoms. The number of nitrogens with zero attached hydrogens (tertiary/aromatic N) is 1. The van der Waals surface area contributed by atoms with Crippen LogP contribution in [0.5, 0.6) is 0 Å². The maximum atomic E-state index is 3.74. The molecule has 0 amide bonds. The minimum absolute atomic E-state index is 0.353. The van der Waals surface area contributed by atoms with E-state index in [4.69, 9.17) is 0 Å². The molecule has 1 saturated heterocycles. The Morgan fingerprint density at radius 3 is 2.28 bits per heavy atom. The highest BCUT2D eigenvalue weighted by Crippen LogP contribution is 2.27. The fourth-order valence-electron chi connectivity index (χ4n) is 2.69. The van der Waals surface area contributed by atoms with Crippen LogP contribution in [-0.4, -0.2) is 47.6 Å². The van der Waals surface area contributed by atoms with Crippen molar-refractivity contribution in [2.24, 2.45) is 11.8 Å². The molecule has 0 aliphatic carbocycles. The third kappa shape index (κ3) is 4.43. The van der Waals surface area contributed by atoms with Crippen LogP contribution in [0.4, 0.5) is 0 Å². The number of hydrogen-bond acceptors (Lipinski definition) is 3. The Kier molecular flexibility index (Phi) is 6.01. The van der Waals surface area contributed by atoms with Crippen LogP contribution in [0.15, 0.2) is 0 Å². The second-order valence-electron chi connectivity index (χ2n) is 6.96. The average molecular weight is 273 g/mol. The van der Waals surface area contributed by atoms with E-state index in [2.05, 4.69) is 58.0 Å². The Bertz CT molecular complexity index is 251. The van der Waals surface area contributed by atoms with Gasteiger partial charge in [-0.1, -0.05) is 27.7 Å². The molecule has 1 N–H and O–H groups in total. The standard InChI is InChI=1S/C15H32N2S/c1-11(2)13-9-17(10-15(5,6)18-7)14(8-16-13)12(3)4/h11-14,16H,8-10H2,1-7H3.